The first-order valence-electron chi connectivity index (χ1n) is 9.22. The van der Waals surface area contributed by atoms with E-state index in [1.54, 1.807) is 73.8 Å². The summed E-state index contributed by atoms with van der Waals surface area (Å²) in [4.78, 5) is 24.8. The Morgan fingerprint density at radius 3 is 2.39 bits per heavy atom. The molecule has 0 unspecified atom stereocenters. The minimum absolute atomic E-state index is 0.307. The Morgan fingerprint density at radius 2 is 1.68 bits per heavy atom. The molecule has 3 aromatic carbocycles. The molecule has 0 bridgehead atoms. The van der Waals surface area contributed by atoms with Crippen LogP contribution in [0, 0.1) is 0 Å². The molecule has 7 nitrogen and oxygen atoms in total. The number of methoxy groups -OCH3 is 2. The van der Waals surface area contributed by atoms with Gasteiger partial charge in [0.15, 0.2) is 0 Å². The Morgan fingerprint density at radius 1 is 0.903 bits per heavy atom. The van der Waals surface area contributed by atoms with Crippen molar-refractivity contribution in [1.29, 1.82) is 0 Å². The van der Waals surface area contributed by atoms with Gasteiger partial charge in [-0.15, -0.1) is 0 Å². The van der Waals surface area contributed by atoms with Crippen molar-refractivity contribution in [2.45, 2.75) is 0 Å². The summed E-state index contributed by atoms with van der Waals surface area (Å²) >= 11 is 5.84. The number of ether oxygens (including phenoxy) is 2. The molecule has 2 amide bonds. The number of nitrogens with one attached hydrogen (secondary N) is 2. The van der Waals surface area contributed by atoms with Crippen molar-refractivity contribution in [3.8, 4) is 11.5 Å². The smallest absolute Gasteiger partial charge is 0.271 e. The molecule has 3 rings (SSSR count). The first-order chi connectivity index (χ1) is 15.0. The second kappa shape index (κ2) is 10.3. The second-order valence-corrected chi connectivity index (χ2v) is 6.79. The van der Waals surface area contributed by atoms with Crippen molar-refractivity contribution in [3.05, 3.63) is 88.4 Å². The van der Waals surface area contributed by atoms with Gasteiger partial charge in [0, 0.05) is 33.5 Å². The van der Waals surface area contributed by atoms with Crippen LogP contribution in [0.1, 0.15) is 26.3 Å². The fourth-order valence-electron chi connectivity index (χ4n) is 2.69. The lowest BCUT2D eigenvalue weighted by Crippen LogP contribution is -2.18. The molecule has 0 aromatic heterocycles. The Balaban J connectivity index is 1.65. The van der Waals surface area contributed by atoms with Crippen LogP contribution in [0.2, 0.25) is 5.02 Å². The van der Waals surface area contributed by atoms with Crippen molar-refractivity contribution in [1.82, 2.24) is 5.43 Å². The molecule has 0 radical (unpaired) electrons. The average molecular weight is 438 g/mol. The summed E-state index contributed by atoms with van der Waals surface area (Å²) in [7, 11) is 3.10. The van der Waals surface area contributed by atoms with Crippen LogP contribution in [-0.4, -0.2) is 32.2 Å². The average Bonchev–Trinajstić information content (AvgIpc) is 2.79. The molecule has 8 heteroatoms. The molecule has 158 valence electrons. The van der Waals surface area contributed by atoms with Crippen molar-refractivity contribution < 1.29 is 19.1 Å². The van der Waals surface area contributed by atoms with E-state index in [-0.39, 0.29) is 5.91 Å². The number of rotatable bonds is 7. The van der Waals surface area contributed by atoms with Crippen LogP contribution in [-0.2, 0) is 0 Å². The zero-order valence-corrected chi connectivity index (χ0v) is 17.6. The quantitative estimate of drug-likeness (QED) is 0.424. The summed E-state index contributed by atoms with van der Waals surface area (Å²) < 4.78 is 10.4. The SMILES string of the molecule is COc1ccc(/C=N\NC(=O)c2cccc(NC(=O)c3ccc(Cl)cc3)c2)c(OC)c1. The van der Waals surface area contributed by atoms with Gasteiger partial charge in [-0.3, -0.25) is 9.59 Å². The van der Waals surface area contributed by atoms with Crippen LogP contribution >= 0.6 is 11.6 Å². The van der Waals surface area contributed by atoms with E-state index in [0.29, 0.717) is 38.9 Å². The predicted octanol–water partition coefficient (Wildman–Crippen LogP) is 4.37. The third kappa shape index (κ3) is 5.83. The van der Waals surface area contributed by atoms with E-state index in [4.69, 9.17) is 21.1 Å². The monoisotopic (exact) mass is 437 g/mol. The summed E-state index contributed by atoms with van der Waals surface area (Å²) in [6.07, 6.45) is 1.47. The fraction of sp³-hybridized carbons (Fsp3) is 0.0870. The van der Waals surface area contributed by atoms with E-state index in [9.17, 15) is 9.59 Å². The molecule has 0 aliphatic carbocycles. The van der Waals surface area contributed by atoms with E-state index in [2.05, 4.69) is 15.8 Å². The van der Waals surface area contributed by atoms with Crippen molar-refractivity contribution >= 4 is 35.3 Å². The van der Waals surface area contributed by atoms with Gasteiger partial charge in [0.1, 0.15) is 11.5 Å². The topological polar surface area (TPSA) is 89.0 Å². The van der Waals surface area contributed by atoms with Gasteiger partial charge in [0.2, 0.25) is 0 Å². The first kappa shape index (κ1) is 21.9. The van der Waals surface area contributed by atoms with Crippen LogP contribution < -0.4 is 20.2 Å². The lowest BCUT2D eigenvalue weighted by molar-refractivity contribution is 0.0953. The Hall–Kier alpha value is -3.84. The zero-order chi connectivity index (χ0) is 22.2. The third-order valence-electron chi connectivity index (χ3n) is 4.30. The molecular formula is C23H20ClN3O4. The van der Waals surface area contributed by atoms with Gasteiger partial charge < -0.3 is 14.8 Å². The number of hydrogen-bond donors (Lipinski definition) is 2. The molecule has 0 saturated heterocycles. The normalized spacial score (nSPS) is 10.5. The number of carbonyl (C=O) groups is 2. The van der Waals surface area contributed by atoms with Crippen LogP contribution in [0.25, 0.3) is 0 Å². The summed E-state index contributed by atoms with van der Waals surface area (Å²) in [6, 6.07) is 18.3. The van der Waals surface area contributed by atoms with Crippen molar-refractivity contribution in [2.75, 3.05) is 19.5 Å². The van der Waals surface area contributed by atoms with Crippen molar-refractivity contribution in [3.63, 3.8) is 0 Å². The van der Waals surface area contributed by atoms with Crippen LogP contribution in [0.5, 0.6) is 11.5 Å². The van der Waals surface area contributed by atoms with Gasteiger partial charge in [0.25, 0.3) is 11.8 Å². The maximum Gasteiger partial charge on any atom is 0.271 e. The Bertz CT molecular complexity index is 1110. The molecule has 2 N–H and O–H groups in total. The Kier molecular flexibility index (Phi) is 7.24. The molecule has 31 heavy (non-hydrogen) atoms. The standard InChI is InChI=1S/C23H20ClN3O4/c1-30-20-11-8-17(21(13-20)31-2)14-25-27-23(29)16-4-3-5-19(12-16)26-22(28)15-6-9-18(24)10-7-15/h3-14H,1-2H3,(H,26,28)(H,27,29)/b25-14-. The summed E-state index contributed by atoms with van der Waals surface area (Å²) in [5.74, 6) is 0.477. The molecule has 0 atom stereocenters. The minimum Gasteiger partial charge on any atom is -0.497 e. The van der Waals surface area contributed by atoms with E-state index < -0.39 is 5.91 Å². The largest absolute Gasteiger partial charge is 0.497 e. The van der Waals surface area contributed by atoms with E-state index in [1.807, 2.05) is 0 Å². The van der Waals surface area contributed by atoms with Crippen LogP contribution in [0.3, 0.4) is 0 Å². The number of benzene rings is 3. The summed E-state index contributed by atoms with van der Waals surface area (Å²) in [5.41, 5.74) is 4.41. The molecule has 0 saturated carbocycles. The maximum atomic E-state index is 12.4. The highest BCUT2D eigenvalue weighted by atomic mass is 35.5. The third-order valence-corrected chi connectivity index (χ3v) is 4.55. The molecule has 0 spiro atoms. The number of carbonyl (C=O) groups excluding carboxylic acids is 2. The first-order valence-corrected chi connectivity index (χ1v) is 9.60. The number of anilines is 1. The lowest BCUT2D eigenvalue weighted by Gasteiger charge is -2.08. The van der Waals surface area contributed by atoms with Gasteiger partial charge in [-0.1, -0.05) is 17.7 Å². The van der Waals surface area contributed by atoms with Crippen molar-refractivity contribution in [2.24, 2.45) is 5.10 Å². The molecule has 0 aliphatic heterocycles. The molecule has 0 heterocycles. The van der Waals surface area contributed by atoms with E-state index in [1.165, 1.54) is 13.3 Å². The summed E-state index contributed by atoms with van der Waals surface area (Å²) in [6.45, 7) is 0. The van der Waals surface area contributed by atoms with E-state index in [0.717, 1.165) is 0 Å². The van der Waals surface area contributed by atoms with Crippen LogP contribution in [0.4, 0.5) is 5.69 Å². The molecule has 0 fully saturated rings. The van der Waals surface area contributed by atoms with E-state index >= 15 is 0 Å². The maximum absolute atomic E-state index is 12.4. The van der Waals surface area contributed by atoms with Gasteiger partial charge in [-0.2, -0.15) is 5.10 Å². The second-order valence-electron chi connectivity index (χ2n) is 6.35. The lowest BCUT2D eigenvalue weighted by atomic mass is 10.1. The predicted molar refractivity (Wildman–Crippen MR) is 120 cm³/mol. The number of halogens is 1. The van der Waals surface area contributed by atoms with Gasteiger partial charge in [-0.25, -0.2) is 5.43 Å². The Labute approximate surface area is 184 Å². The van der Waals surface area contributed by atoms with Gasteiger partial charge in [0.05, 0.1) is 20.4 Å². The van der Waals surface area contributed by atoms with Gasteiger partial charge in [-0.05, 0) is 54.6 Å². The highest BCUT2D eigenvalue weighted by Crippen LogP contribution is 2.23. The fourth-order valence-corrected chi connectivity index (χ4v) is 2.82. The number of hydrogen-bond acceptors (Lipinski definition) is 5. The molecular weight excluding hydrogens is 418 g/mol. The molecule has 0 aliphatic rings. The minimum atomic E-state index is -0.425. The number of nitrogens with zero attached hydrogens (tertiary/aromatic N) is 1. The molecule has 3 aromatic rings. The highest BCUT2D eigenvalue weighted by molar-refractivity contribution is 6.30. The highest BCUT2D eigenvalue weighted by Gasteiger charge is 2.09. The summed E-state index contributed by atoms with van der Waals surface area (Å²) in [5, 5.41) is 7.28. The number of amides is 2. The number of hydrazone groups is 1. The zero-order valence-electron chi connectivity index (χ0n) is 16.9. The van der Waals surface area contributed by atoms with Crippen LogP contribution in [0.15, 0.2) is 71.8 Å². The van der Waals surface area contributed by atoms with Gasteiger partial charge >= 0.3 is 0 Å².